The molecule has 1 aromatic heterocycles. The van der Waals surface area contributed by atoms with E-state index in [1.54, 1.807) is 0 Å². The molecule has 6 aromatic rings. The Bertz CT molecular complexity index is 1820. The van der Waals surface area contributed by atoms with Crippen LogP contribution in [-0.4, -0.2) is 15.0 Å². The van der Waals surface area contributed by atoms with E-state index < -0.39 is 0 Å². The summed E-state index contributed by atoms with van der Waals surface area (Å²) in [4.78, 5) is 15.3. The second kappa shape index (κ2) is 9.14. The van der Waals surface area contributed by atoms with Crippen molar-refractivity contribution in [1.29, 1.82) is 0 Å². The van der Waals surface area contributed by atoms with Crippen LogP contribution in [0.1, 0.15) is 25.0 Å². The van der Waals surface area contributed by atoms with Gasteiger partial charge in [0.25, 0.3) is 0 Å². The van der Waals surface area contributed by atoms with Gasteiger partial charge >= 0.3 is 0 Å². The normalized spacial score (nSPS) is 13.1. The Hall–Kier alpha value is -4.89. The molecular weight excluding hydrogens is 474 g/mol. The van der Waals surface area contributed by atoms with E-state index in [4.69, 9.17) is 15.0 Å². The van der Waals surface area contributed by atoms with Crippen molar-refractivity contribution in [3.63, 3.8) is 0 Å². The molecule has 0 spiro atoms. The highest BCUT2D eigenvalue weighted by Gasteiger charge is 2.37. The lowest BCUT2D eigenvalue weighted by Crippen LogP contribution is -2.14. The molecule has 7 rings (SSSR count). The number of hydrogen-bond donors (Lipinski definition) is 0. The van der Waals surface area contributed by atoms with Crippen LogP contribution in [0.3, 0.4) is 0 Å². The largest absolute Gasteiger partial charge is 0.208 e. The number of aromatic nitrogens is 3. The molecule has 0 amide bonds. The Labute approximate surface area is 228 Å². The Balaban J connectivity index is 1.50. The molecule has 0 unspecified atom stereocenters. The van der Waals surface area contributed by atoms with E-state index in [1.165, 1.54) is 22.3 Å². The van der Waals surface area contributed by atoms with Crippen molar-refractivity contribution in [2.45, 2.75) is 19.3 Å². The van der Waals surface area contributed by atoms with Gasteiger partial charge in [-0.1, -0.05) is 141 Å². The van der Waals surface area contributed by atoms with Crippen molar-refractivity contribution in [1.82, 2.24) is 15.0 Å². The second-order valence-corrected chi connectivity index (χ2v) is 10.5. The zero-order valence-electron chi connectivity index (χ0n) is 22.0. The lowest BCUT2D eigenvalue weighted by atomic mass is 9.82. The van der Waals surface area contributed by atoms with Crippen LogP contribution in [0.15, 0.2) is 127 Å². The average Bonchev–Trinajstić information content (AvgIpc) is 3.24. The summed E-state index contributed by atoms with van der Waals surface area (Å²) >= 11 is 0. The van der Waals surface area contributed by atoms with Crippen LogP contribution in [0.5, 0.6) is 0 Å². The summed E-state index contributed by atoms with van der Waals surface area (Å²) in [7, 11) is 0. The summed E-state index contributed by atoms with van der Waals surface area (Å²) in [6.45, 7) is 4.59. The second-order valence-electron chi connectivity index (χ2n) is 10.5. The van der Waals surface area contributed by atoms with Gasteiger partial charge in [0.2, 0.25) is 0 Å². The molecule has 0 aliphatic heterocycles. The van der Waals surface area contributed by atoms with Crippen LogP contribution in [0.25, 0.3) is 56.4 Å². The molecule has 0 bridgehead atoms. The van der Waals surface area contributed by atoms with Crippen LogP contribution in [0.4, 0.5) is 0 Å². The molecule has 5 aromatic carbocycles. The first-order chi connectivity index (χ1) is 19.1. The van der Waals surface area contributed by atoms with Gasteiger partial charge in [-0.25, -0.2) is 15.0 Å². The lowest BCUT2D eigenvalue weighted by molar-refractivity contribution is 0.660. The number of rotatable bonds is 4. The third kappa shape index (κ3) is 3.86. The van der Waals surface area contributed by atoms with Gasteiger partial charge in [-0.2, -0.15) is 0 Å². The van der Waals surface area contributed by atoms with E-state index in [0.29, 0.717) is 17.5 Å². The number of hydrogen-bond acceptors (Lipinski definition) is 3. The molecule has 1 heterocycles. The minimum Gasteiger partial charge on any atom is -0.208 e. The highest BCUT2D eigenvalue weighted by Crippen LogP contribution is 2.51. The number of benzene rings is 5. The smallest absolute Gasteiger partial charge is 0.164 e. The van der Waals surface area contributed by atoms with Gasteiger partial charge in [-0.15, -0.1) is 0 Å². The van der Waals surface area contributed by atoms with Crippen LogP contribution in [-0.2, 0) is 5.41 Å². The van der Waals surface area contributed by atoms with Gasteiger partial charge in [0, 0.05) is 22.1 Å². The molecule has 0 radical (unpaired) electrons. The standard InChI is InChI=1S/C36H27N3/c1-36(2)30-22-12-11-20-28(30)32-29(21-13-23-31(32)36)35-38-33(25-16-7-4-8-17-25)37-34(39-35)27-19-10-9-18-26(27)24-14-5-3-6-15-24/h3-23H,1-2H3. The van der Waals surface area contributed by atoms with E-state index in [9.17, 15) is 0 Å². The molecular formula is C36H27N3. The Morgan fingerprint density at radius 1 is 0.385 bits per heavy atom. The number of nitrogens with zero attached hydrogens (tertiary/aromatic N) is 3. The molecule has 0 saturated carbocycles. The molecule has 3 nitrogen and oxygen atoms in total. The minimum atomic E-state index is -0.0973. The molecule has 0 atom stereocenters. The first-order valence-corrected chi connectivity index (χ1v) is 13.3. The Morgan fingerprint density at radius 3 is 1.59 bits per heavy atom. The van der Waals surface area contributed by atoms with Crippen molar-refractivity contribution in [2.24, 2.45) is 0 Å². The van der Waals surface area contributed by atoms with Crippen LogP contribution in [0, 0.1) is 0 Å². The van der Waals surface area contributed by atoms with Gasteiger partial charge in [-0.05, 0) is 33.4 Å². The van der Waals surface area contributed by atoms with Gasteiger partial charge < -0.3 is 0 Å². The third-order valence-corrected chi connectivity index (χ3v) is 7.77. The molecule has 1 aliphatic carbocycles. The summed E-state index contributed by atoms with van der Waals surface area (Å²) in [5.41, 5.74) is 10.2. The van der Waals surface area contributed by atoms with Crippen molar-refractivity contribution in [2.75, 3.05) is 0 Å². The molecule has 0 N–H and O–H groups in total. The van der Waals surface area contributed by atoms with Crippen LogP contribution < -0.4 is 0 Å². The van der Waals surface area contributed by atoms with Crippen molar-refractivity contribution in [3.8, 4) is 56.4 Å². The van der Waals surface area contributed by atoms with E-state index >= 15 is 0 Å². The lowest BCUT2D eigenvalue weighted by Gasteiger charge is -2.21. The predicted molar refractivity (Wildman–Crippen MR) is 159 cm³/mol. The summed E-state index contributed by atoms with van der Waals surface area (Å²) in [6, 6.07) is 44.2. The Kier molecular flexibility index (Phi) is 5.45. The van der Waals surface area contributed by atoms with E-state index in [1.807, 2.05) is 30.3 Å². The summed E-state index contributed by atoms with van der Waals surface area (Å²) in [6.07, 6.45) is 0. The highest BCUT2D eigenvalue weighted by molar-refractivity contribution is 5.91. The maximum atomic E-state index is 5.16. The number of fused-ring (bicyclic) bond motifs is 3. The SMILES string of the molecule is CC1(C)c2ccccc2-c2c(-c3nc(-c4ccccc4)nc(-c4ccccc4-c4ccccc4)n3)cccc21. The fourth-order valence-corrected chi connectivity index (χ4v) is 5.82. The topological polar surface area (TPSA) is 38.7 Å². The molecule has 39 heavy (non-hydrogen) atoms. The van der Waals surface area contributed by atoms with Crippen molar-refractivity contribution >= 4 is 0 Å². The average molecular weight is 502 g/mol. The van der Waals surface area contributed by atoms with Gasteiger partial charge in [0.1, 0.15) is 0 Å². The van der Waals surface area contributed by atoms with Gasteiger partial charge in [0.05, 0.1) is 0 Å². The highest BCUT2D eigenvalue weighted by atomic mass is 15.0. The monoisotopic (exact) mass is 501 g/mol. The van der Waals surface area contributed by atoms with E-state index in [0.717, 1.165) is 27.8 Å². The summed E-state index contributed by atoms with van der Waals surface area (Å²) < 4.78 is 0. The van der Waals surface area contributed by atoms with Crippen molar-refractivity contribution < 1.29 is 0 Å². The Morgan fingerprint density at radius 2 is 0.872 bits per heavy atom. The van der Waals surface area contributed by atoms with Crippen molar-refractivity contribution in [3.05, 3.63) is 139 Å². The first kappa shape index (κ1) is 23.2. The molecule has 1 aliphatic rings. The van der Waals surface area contributed by atoms with Gasteiger partial charge in [-0.3, -0.25) is 0 Å². The zero-order chi connectivity index (χ0) is 26.4. The predicted octanol–water partition coefficient (Wildman–Crippen LogP) is 8.85. The molecule has 3 heteroatoms. The van der Waals surface area contributed by atoms with Gasteiger partial charge in [0.15, 0.2) is 17.5 Å². The van der Waals surface area contributed by atoms with E-state index in [2.05, 4.69) is 111 Å². The quantitative estimate of drug-likeness (QED) is 0.242. The first-order valence-electron chi connectivity index (χ1n) is 13.3. The summed E-state index contributed by atoms with van der Waals surface area (Å²) in [5.74, 6) is 2.02. The van der Waals surface area contributed by atoms with Crippen LogP contribution >= 0.6 is 0 Å². The maximum Gasteiger partial charge on any atom is 0.164 e. The van der Waals surface area contributed by atoms with Crippen LogP contribution in [0.2, 0.25) is 0 Å². The fourth-order valence-electron chi connectivity index (χ4n) is 5.82. The third-order valence-electron chi connectivity index (χ3n) is 7.77. The molecule has 0 fully saturated rings. The molecule has 186 valence electrons. The zero-order valence-corrected chi connectivity index (χ0v) is 22.0. The summed E-state index contributed by atoms with van der Waals surface area (Å²) in [5, 5.41) is 0. The minimum absolute atomic E-state index is 0.0973. The molecule has 0 saturated heterocycles. The fraction of sp³-hybridized carbons (Fsp3) is 0.0833. The maximum absolute atomic E-state index is 5.16. The van der Waals surface area contributed by atoms with E-state index in [-0.39, 0.29) is 5.41 Å².